The number of fused-ring (bicyclic) bond motifs is 1. The van der Waals surface area contributed by atoms with Gasteiger partial charge in [0, 0.05) is 38.4 Å². The number of hydrogen-bond acceptors (Lipinski definition) is 2. The summed E-state index contributed by atoms with van der Waals surface area (Å²) in [5, 5.41) is 0. The number of pyridine rings is 1. The molecular formula is C14H20IN5. The van der Waals surface area contributed by atoms with Crippen LogP contribution in [0.1, 0.15) is 18.5 Å². The molecule has 2 aromatic rings. The van der Waals surface area contributed by atoms with Crippen molar-refractivity contribution in [2.45, 2.75) is 25.3 Å². The maximum absolute atomic E-state index is 5.95. The third-order valence-electron chi connectivity index (χ3n) is 3.51. The van der Waals surface area contributed by atoms with Crippen molar-refractivity contribution in [3.8, 4) is 0 Å². The summed E-state index contributed by atoms with van der Waals surface area (Å²) in [5.41, 5.74) is 7.98. The molecule has 1 saturated carbocycles. The molecule has 0 unspecified atom stereocenters. The van der Waals surface area contributed by atoms with Crippen LogP contribution >= 0.6 is 24.0 Å². The van der Waals surface area contributed by atoms with E-state index in [1.807, 2.05) is 42.0 Å². The molecule has 1 fully saturated rings. The Hall–Kier alpha value is -1.31. The maximum Gasteiger partial charge on any atom is 0.191 e. The fraction of sp³-hybridized carbons (Fsp3) is 0.429. The molecule has 0 bridgehead atoms. The van der Waals surface area contributed by atoms with Gasteiger partial charge in [-0.05, 0) is 25.0 Å². The van der Waals surface area contributed by atoms with Crippen LogP contribution in [0.15, 0.2) is 35.6 Å². The highest BCUT2D eigenvalue weighted by Gasteiger charge is 2.27. The van der Waals surface area contributed by atoms with E-state index in [9.17, 15) is 0 Å². The zero-order valence-electron chi connectivity index (χ0n) is 11.6. The third-order valence-corrected chi connectivity index (χ3v) is 3.51. The molecule has 5 nitrogen and oxygen atoms in total. The normalized spacial score (nSPS) is 15.2. The summed E-state index contributed by atoms with van der Waals surface area (Å²) in [7, 11) is 2.02. The number of guanidine groups is 1. The number of nitrogens with two attached hydrogens (primary N) is 1. The molecule has 6 heteroatoms. The number of aliphatic imine (C=N–C) groups is 1. The Labute approximate surface area is 135 Å². The molecule has 0 aliphatic heterocycles. The van der Waals surface area contributed by atoms with Crippen molar-refractivity contribution < 1.29 is 0 Å². The second kappa shape index (κ2) is 6.43. The van der Waals surface area contributed by atoms with E-state index in [4.69, 9.17) is 5.73 Å². The Bertz CT molecular complexity index is 569. The van der Waals surface area contributed by atoms with E-state index in [-0.39, 0.29) is 24.0 Å². The number of imidazole rings is 1. The van der Waals surface area contributed by atoms with Gasteiger partial charge in [-0.3, -0.25) is 4.99 Å². The largest absolute Gasteiger partial charge is 0.370 e. The lowest BCUT2D eigenvalue weighted by Gasteiger charge is -2.16. The Morgan fingerprint density at radius 3 is 3.00 bits per heavy atom. The Morgan fingerprint density at radius 2 is 2.30 bits per heavy atom. The number of hydrogen-bond donors (Lipinski definition) is 1. The molecule has 2 N–H and O–H groups in total. The number of rotatable bonds is 4. The molecule has 108 valence electrons. The van der Waals surface area contributed by atoms with Gasteiger partial charge in [-0.15, -0.1) is 24.0 Å². The third kappa shape index (κ3) is 3.41. The standard InChI is InChI=1S/C14H19N5.HI/c1-18(12-5-6-12)14(15)16-8-7-11-10-19-9-3-2-4-13(19)17-11;/h2-4,9-10,12H,5-8H2,1H3,(H2,15,16);1H. The molecule has 0 radical (unpaired) electrons. The molecule has 3 rings (SSSR count). The van der Waals surface area contributed by atoms with Crippen molar-refractivity contribution >= 4 is 35.6 Å². The summed E-state index contributed by atoms with van der Waals surface area (Å²) >= 11 is 0. The van der Waals surface area contributed by atoms with Crippen molar-refractivity contribution in [1.82, 2.24) is 14.3 Å². The zero-order valence-corrected chi connectivity index (χ0v) is 13.9. The second-order valence-corrected chi connectivity index (χ2v) is 5.03. The van der Waals surface area contributed by atoms with Crippen LogP contribution in [0, 0.1) is 0 Å². The minimum absolute atomic E-state index is 0. The number of aromatic nitrogens is 2. The Balaban J connectivity index is 0.00000147. The molecule has 0 atom stereocenters. The lowest BCUT2D eigenvalue weighted by molar-refractivity contribution is 0.487. The number of halogens is 1. The van der Waals surface area contributed by atoms with Crippen LogP contribution in [0.5, 0.6) is 0 Å². The van der Waals surface area contributed by atoms with Gasteiger partial charge >= 0.3 is 0 Å². The minimum atomic E-state index is 0. The molecule has 20 heavy (non-hydrogen) atoms. The SMILES string of the molecule is CN(C(N)=NCCc1cn2ccccc2n1)C1CC1.I. The lowest BCUT2D eigenvalue weighted by Crippen LogP contribution is -2.35. The molecule has 0 saturated heterocycles. The molecule has 1 aliphatic carbocycles. The van der Waals surface area contributed by atoms with Crippen LogP contribution in [0.2, 0.25) is 0 Å². The summed E-state index contributed by atoms with van der Waals surface area (Å²) in [4.78, 5) is 11.0. The first-order chi connectivity index (χ1) is 9.24. The van der Waals surface area contributed by atoms with Crippen molar-refractivity contribution in [3.05, 3.63) is 36.3 Å². The van der Waals surface area contributed by atoms with Crippen LogP contribution in [0.3, 0.4) is 0 Å². The highest BCUT2D eigenvalue weighted by atomic mass is 127. The van der Waals surface area contributed by atoms with E-state index in [1.165, 1.54) is 12.8 Å². The maximum atomic E-state index is 5.95. The van der Waals surface area contributed by atoms with Crippen LogP contribution < -0.4 is 5.73 Å². The average Bonchev–Trinajstić information content (AvgIpc) is 3.17. The molecule has 1 aliphatic rings. The molecule has 2 aromatic heterocycles. The topological polar surface area (TPSA) is 58.9 Å². The molecule has 2 heterocycles. The van der Waals surface area contributed by atoms with E-state index in [0.29, 0.717) is 18.5 Å². The van der Waals surface area contributed by atoms with E-state index < -0.39 is 0 Å². The molecular weight excluding hydrogens is 365 g/mol. The first kappa shape index (κ1) is 15.1. The highest BCUT2D eigenvalue weighted by Crippen LogP contribution is 2.24. The predicted molar refractivity (Wildman–Crippen MR) is 91.6 cm³/mol. The van der Waals surface area contributed by atoms with Crippen LogP contribution in [0.4, 0.5) is 0 Å². The monoisotopic (exact) mass is 385 g/mol. The average molecular weight is 385 g/mol. The molecule has 0 amide bonds. The van der Waals surface area contributed by atoms with Crippen LogP contribution in [-0.2, 0) is 6.42 Å². The summed E-state index contributed by atoms with van der Waals surface area (Å²) in [6, 6.07) is 6.60. The fourth-order valence-electron chi connectivity index (χ4n) is 2.15. The predicted octanol–water partition coefficient (Wildman–Crippen LogP) is 1.90. The van der Waals surface area contributed by atoms with Gasteiger partial charge in [0.2, 0.25) is 0 Å². The van der Waals surface area contributed by atoms with E-state index >= 15 is 0 Å². The summed E-state index contributed by atoms with van der Waals surface area (Å²) in [5.74, 6) is 0.645. The zero-order chi connectivity index (χ0) is 13.2. The van der Waals surface area contributed by atoms with E-state index in [2.05, 4.69) is 14.9 Å². The number of nitrogens with zero attached hydrogens (tertiary/aromatic N) is 4. The Kier molecular flexibility index (Phi) is 4.85. The first-order valence-electron chi connectivity index (χ1n) is 6.69. The highest BCUT2D eigenvalue weighted by molar-refractivity contribution is 14.0. The van der Waals surface area contributed by atoms with Crippen LogP contribution in [0.25, 0.3) is 5.65 Å². The van der Waals surface area contributed by atoms with Gasteiger partial charge < -0.3 is 15.0 Å². The van der Waals surface area contributed by atoms with Gasteiger partial charge in [0.25, 0.3) is 0 Å². The van der Waals surface area contributed by atoms with Crippen molar-refractivity contribution in [1.29, 1.82) is 0 Å². The summed E-state index contributed by atoms with van der Waals surface area (Å²) < 4.78 is 2.03. The van der Waals surface area contributed by atoms with Crippen molar-refractivity contribution in [3.63, 3.8) is 0 Å². The Morgan fingerprint density at radius 1 is 1.50 bits per heavy atom. The van der Waals surface area contributed by atoms with Gasteiger partial charge in [-0.1, -0.05) is 6.07 Å². The summed E-state index contributed by atoms with van der Waals surface area (Å²) in [6.45, 7) is 0.687. The van der Waals surface area contributed by atoms with Gasteiger partial charge in [0.15, 0.2) is 5.96 Å². The van der Waals surface area contributed by atoms with Crippen molar-refractivity contribution in [2.75, 3.05) is 13.6 Å². The smallest absolute Gasteiger partial charge is 0.191 e. The van der Waals surface area contributed by atoms with Crippen molar-refractivity contribution in [2.24, 2.45) is 10.7 Å². The van der Waals surface area contributed by atoms with E-state index in [0.717, 1.165) is 17.8 Å². The van der Waals surface area contributed by atoms with Gasteiger partial charge in [0.1, 0.15) is 5.65 Å². The second-order valence-electron chi connectivity index (χ2n) is 5.03. The van der Waals surface area contributed by atoms with Gasteiger partial charge in [-0.2, -0.15) is 0 Å². The summed E-state index contributed by atoms with van der Waals surface area (Å²) in [6.07, 6.45) is 7.34. The van der Waals surface area contributed by atoms with Gasteiger partial charge in [0.05, 0.1) is 5.69 Å². The van der Waals surface area contributed by atoms with Crippen LogP contribution in [-0.4, -0.2) is 39.9 Å². The van der Waals surface area contributed by atoms with Gasteiger partial charge in [-0.25, -0.2) is 4.98 Å². The first-order valence-corrected chi connectivity index (χ1v) is 6.69. The fourth-order valence-corrected chi connectivity index (χ4v) is 2.15. The molecule has 0 aromatic carbocycles. The lowest BCUT2D eigenvalue weighted by atomic mass is 10.3. The quantitative estimate of drug-likeness (QED) is 0.497. The van der Waals surface area contributed by atoms with E-state index in [1.54, 1.807) is 0 Å². The minimum Gasteiger partial charge on any atom is -0.370 e. The molecule has 0 spiro atoms.